The van der Waals surface area contributed by atoms with Crippen molar-refractivity contribution < 1.29 is 26.7 Å². The van der Waals surface area contributed by atoms with Gasteiger partial charge in [-0.25, -0.2) is 21.6 Å². The molecule has 0 spiro atoms. The van der Waals surface area contributed by atoms with E-state index in [2.05, 4.69) is 4.72 Å². The highest BCUT2D eigenvalue weighted by molar-refractivity contribution is 7.95. The largest absolute Gasteiger partial charge is 0.481 e. The number of sulfone groups is 1. The number of aliphatic carboxylic acids is 1. The van der Waals surface area contributed by atoms with E-state index in [1.807, 2.05) is 0 Å². The monoisotopic (exact) mass is 341 g/mol. The van der Waals surface area contributed by atoms with Crippen molar-refractivity contribution in [2.75, 3.05) is 11.5 Å². The Bertz CT molecular complexity index is 569. The summed E-state index contributed by atoms with van der Waals surface area (Å²) < 4.78 is 49.3. The van der Waals surface area contributed by atoms with E-state index >= 15 is 0 Å². The Balaban J connectivity index is 2.43. The van der Waals surface area contributed by atoms with Gasteiger partial charge in [-0.1, -0.05) is 13.3 Å². The summed E-state index contributed by atoms with van der Waals surface area (Å²) in [5.41, 5.74) is 0. The van der Waals surface area contributed by atoms with Gasteiger partial charge in [0.05, 0.1) is 22.7 Å². The third-order valence-corrected chi connectivity index (χ3v) is 7.68. The molecule has 124 valence electrons. The average molecular weight is 341 g/mol. The molecule has 3 atom stereocenters. The van der Waals surface area contributed by atoms with E-state index in [0.29, 0.717) is 19.3 Å². The SMILES string of the molecule is CC(CCCC(C)C(=O)O)NS(=O)(=O)C1CCS(=O)(=O)C1. The fourth-order valence-corrected chi connectivity index (χ4v) is 6.63. The average Bonchev–Trinajstić information content (AvgIpc) is 2.69. The van der Waals surface area contributed by atoms with Gasteiger partial charge >= 0.3 is 5.97 Å². The molecule has 1 heterocycles. The summed E-state index contributed by atoms with van der Waals surface area (Å²) >= 11 is 0. The summed E-state index contributed by atoms with van der Waals surface area (Å²) in [5.74, 6) is -1.71. The molecule has 21 heavy (non-hydrogen) atoms. The second-order valence-electron chi connectivity index (χ2n) is 5.76. The van der Waals surface area contributed by atoms with Gasteiger partial charge in [0, 0.05) is 6.04 Å². The molecule has 7 nitrogen and oxygen atoms in total. The van der Waals surface area contributed by atoms with Crippen LogP contribution in [0.15, 0.2) is 0 Å². The molecule has 0 saturated carbocycles. The predicted octanol–water partition coefficient (Wildman–Crippen LogP) is 0.372. The molecule has 1 rings (SSSR count). The highest BCUT2D eigenvalue weighted by atomic mass is 32.2. The van der Waals surface area contributed by atoms with Gasteiger partial charge in [0.2, 0.25) is 10.0 Å². The smallest absolute Gasteiger partial charge is 0.306 e. The third-order valence-electron chi connectivity index (χ3n) is 3.69. The second kappa shape index (κ2) is 7.06. The zero-order valence-electron chi connectivity index (χ0n) is 12.3. The molecule has 0 bridgehead atoms. The van der Waals surface area contributed by atoms with Gasteiger partial charge in [-0.2, -0.15) is 0 Å². The summed E-state index contributed by atoms with van der Waals surface area (Å²) in [5, 5.41) is 7.89. The lowest BCUT2D eigenvalue weighted by Gasteiger charge is -2.17. The second-order valence-corrected chi connectivity index (χ2v) is 9.98. The number of sulfonamides is 1. The van der Waals surface area contributed by atoms with Crippen molar-refractivity contribution in [3.05, 3.63) is 0 Å². The molecule has 1 fully saturated rings. The zero-order chi connectivity index (χ0) is 16.3. The minimum atomic E-state index is -3.64. The molecule has 0 aromatic heterocycles. The van der Waals surface area contributed by atoms with Crippen molar-refractivity contribution in [1.29, 1.82) is 0 Å². The maximum absolute atomic E-state index is 12.1. The van der Waals surface area contributed by atoms with Gasteiger partial charge in [0.15, 0.2) is 9.84 Å². The van der Waals surface area contributed by atoms with Crippen molar-refractivity contribution in [3.8, 4) is 0 Å². The first-order valence-corrected chi connectivity index (χ1v) is 10.3. The van der Waals surface area contributed by atoms with Crippen molar-refractivity contribution in [1.82, 2.24) is 4.72 Å². The Morgan fingerprint density at radius 3 is 2.43 bits per heavy atom. The molecule has 3 unspecified atom stereocenters. The van der Waals surface area contributed by atoms with Gasteiger partial charge in [-0.15, -0.1) is 0 Å². The Morgan fingerprint density at radius 1 is 1.33 bits per heavy atom. The van der Waals surface area contributed by atoms with Crippen molar-refractivity contribution in [2.24, 2.45) is 5.92 Å². The zero-order valence-corrected chi connectivity index (χ0v) is 13.9. The van der Waals surface area contributed by atoms with Crippen LogP contribution < -0.4 is 4.72 Å². The van der Waals surface area contributed by atoms with Crippen LogP contribution in [-0.4, -0.2) is 50.7 Å². The summed E-state index contributed by atoms with van der Waals surface area (Å²) in [4.78, 5) is 10.7. The molecule has 0 radical (unpaired) electrons. The molecule has 9 heteroatoms. The molecule has 0 amide bonds. The fraction of sp³-hybridized carbons (Fsp3) is 0.917. The van der Waals surface area contributed by atoms with Crippen molar-refractivity contribution in [3.63, 3.8) is 0 Å². The summed E-state index contributed by atoms with van der Waals surface area (Å²) in [6.45, 7) is 3.31. The highest BCUT2D eigenvalue weighted by Crippen LogP contribution is 2.19. The van der Waals surface area contributed by atoms with Crippen LogP contribution >= 0.6 is 0 Å². The topological polar surface area (TPSA) is 118 Å². The maximum atomic E-state index is 12.1. The van der Waals surface area contributed by atoms with E-state index in [-0.39, 0.29) is 24.0 Å². The molecule has 1 aliphatic heterocycles. The predicted molar refractivity (Wildman–Crippen MR) is 79.2 cm³/mol. The summed E-state index contributed by atoms with van der Waals surface area (Å²) in [6, 6.07) is -0.334. The van der Waals surface area contributed by atoms with Gasteiger partial charge < -0.3 is 5.11 Å². The molecule has 2 N–H and O–H groups in total. The molecular formula is C12H23NO6S2. The van der Waals surface area contributed by atoms with Crippen molar-refractivity contribution in [2.45, 2.75) is 50.8 Å². The maximum Gasteiger partial charge on any atom is 0.306 e. The van der Waals surface area contributed by atoms with Crippen LogP contribution in [0.2, 0.25) is 0 Å². The lowest BCUT2D eigenvalue weighted by molar-refractivity contribution is -0.141. The fourth-order valence-electron chi connectivity index (χ4n) is 2.29. The third kappa shape index (κ3) is 5.91. The van der Waals surface area contributed by atoms with Crippen LogP contribution in [0, 0.1) is 5.92 Å². The number of carboxylic acid groups (broad SMARTS) is 1. The van der Waals surface area contributed by atoms with E-state index in [1.165, 1.54) is 0 Å². The van der Waals surface area contributed by atoms with Crippen LogP contribution in [-0.2, 0) is 24.7 Å². The van der Waals surface area contributed by atoms with Gasteiger partial charge in [-0.3, -0.25) is 4.79 Å². The number of hydrogen-bond donors (Lipinski definition) is 2. The van der Waals surface area contributed by atoms with E-state index in [4.69, 9.17) is 5.11 Å². The van der Waals surface area contributed by atoms with Crippen LogP contribution in [0.5, 0.6) is 0 Å². The molecule has 1 saturated heterocycles. The minimum Gasteiger partial charge on any atom is -0.481 e. The lowest BCUT2D eigenvalue weighted by atomic mass is 10.0. The normalized spacial score (nSPS) is 24.6. The first-order valence-electron chi connectivity index (χ1n) is 6.98. The van der Waals surface area contributed by atoms with Gasteiger partial charge in [0.1, 0.15) is 0 Å². The van der Waals surface area contributed by atoms with E-state index in [1.54, 1.807) is 13.8 Å². The minimum absolute atomic E-state index is 0.0803. The Kier molecular flexibility index (Phi) is 6.18. The van der Waals surface area contributed by atoms with Crippen LogP contribution in [0.4, 0.5) is 0 Å². The van der Waals surface area contributed by atoms with Crippen LogP contribution in [0.3, 0.4) is 0 Å². The molecule has 1 aliphatic rings. The van der Waals surface area contributed by atoms with E-state index in [9.17, 15) is 21.6 Å². The van der Waals surface area contributed by atoms with Gasteiger partial charge in [0.25, 0.3) is 0 Å². The van der Waals surface area contributed by atoms with E-state index < -0.39 is 37.0 Å². The highest BCUT2D eigenvalue weighted by Gasteiger charge is 2.37. The van der Waals surface area contributed by atoms with Crippen molar-refractivity contribution >= 4 is 25.8 Å². The molecule has 0 aromatic rings. The first kappa shape index (κ1) is 18.4. The van der Waals surface area contributed by atoms with Crippen LogP contribution in [0.1, 0.15) is 39.5 Å². The van der Waals surface area contributed by atoms with E-state index in [0.717, 1.165) is 0 Å². The molecular weight excluding hydrogens is 318 g/mol. The number of rotatable bonds is 8. The Morgan fingerprint density at radius 2 is 1.95 bits per heavy atom. The number of carbonyl (C=O) groups is 1. The number of hydrogen-bond acceptors (Lipinski definition) is 5. The quantitative estimate of drug-likeness (QED) is 0.659. The summed E-state index contributed by atoms with van der Waals surface area (Å²) in [7, 11) is -6.88. The standard InChI is InChI=1S/C12H23NO6S2/c1-9(12(14)15)4-3-5-10(2)13-21(18,19)11-6-7-20(16,17)8-11/h9-11,13H,3-8H2,1-2H3,(H,14,15). The van der Waals surface area contributed by atoms with Gasteiger partial charge in [-0.05, 0) is 26.2 Å². The lowest BCUT2D eigenvalue weighted by Crippen LogP contribution is -2.40. The van der Waals surface area contributed by atoms with Crippen LogP contribution in [0.25, 0.3) is 0 Å². The first-order chi connectivity index (χ1) is 9.53. The molecule has 0 aromatic carbocycles. The Hall–Kier alpha value is -0.670. The number of carboxylic acids is 1. The summed E-state index contributed by atoms with van der Waals surface area (Å²) in [6.07, 6.45) is 1.75. The molecule has 0 aliphatic carbocycles. The number of nitrogens with one attached hydrogen (secondary N) is 1. The Labute approximate surface area is 126 Å².